The molecular weight excluding hydrogens is 384 g/mol. The number of esters is 1. The van der Waals surface area contributed by atoms with Gasteiger partial charge in [-0.1, -0.05) is 0 Å². The molecule has 0 radical (unpaired) electrons. The van der Waals surface area contributed by atoms with E-state index in [1.807, 2.05) is 0 Å². The SMILES string of the molecule is CCOC(=O)C1Cc2cc(S(=O)(=O)NCCNCCOC)ccc2O1.Cl. The number of hydrogen-bond donors (Lipinski definition) is 2. The van der Waals surface area contributed by atoms with Gasteiger partial charge in [0.15, 0.2) is 6.10 Å². The van der Waals surface area contributed by atoms with Gasteiger partial charge >= 0.3 is 5.97 Å². The van der Waals surface area contributed by atoms with Crippen LogP contribution in [0, 0.1) is 0 Å². The molecular formula is C16H25ClN2O6S. The first-order chi connectivity index (χ1) is 12.0. The number of hydrogen-bond acceptors (Lipinski definition) is 7. The Labute approximate surface area is 160 Å². The zero-order valence-electron chi connectivity index (χ0n) is 14.8. The number of ether oxygens (including phenoxy) is 3. The minimum atomic E-state index is -3.62. The highest BCUT2D eigenvalue weighted by atomic mass is 35.5. The lowest BCUT2D eigenvalue weighted by molar-refractivity contribution is -0.150. The maximum absolute atomic E-state index is 12.3. The number of carbonyl (C=O) groups excluding carboxylic acids is 1. The van der Waals surface area contributed by atoms with Crippen LogP contribution < -0.4 is 14.8 Å². The molecule has 148 valence electrons. The molecule has 2 N–H and O–H groups in total. The van der Waals surface area contributed by atoms with E-state index in [2.05, 4.69) is 10.0 Å². The van der Waals surface area contributed by atoms with E-state index < -0.39 is 22.1 Å². The first kappa shape index (κ1) is 22.7. The molecule has 1 heterocycles. The van der Waals surface area contributed by atoms with Gasteiger partial charge in [-0.15, -0.1) is 12.4 Å². The van der Waals surface area contributed by atoms with E-state index >= 15 is 0 Å². The molecule has 1 unspecified atom stereocenters. The molecule has 1 aromatic carbocycles. The van der Waals surface area contributed by atoms with E-state index in [4.69, 9.17) is 14.2 Å². The van der Waals surface area contributed by atoms with Crippen molar-refractivity contribution in [2.45, 2.75) is 24.3 Å². The van der Waals surface area contributed by atoms with E-state index in [-0.39, 0.29) is 30.5 Å². The lowest BCUT2D eigenvalue weighted by Crippen LogP contribution is -2.33. The number of sulfonamides is 1. The van der Waals surface area contributed by atoms with Crippen molar-refractivity contribution >= 4 is 28.4 Å². The molecule has 0 bridgehead atoms. The first-order valence-electron chi connectivity index (χ1n) is 8.13. The van der Waals surface area contributed by atoms with Crippen molar-refractivity contribution in [1.29, 1.82) is 0 Å². The van der Waals surface area contributed by atoms with Crippen LogP contribution in [-0.4, -0.2) is 60.4 Å². The highest BCUT2D eigenvalue weighted by molar-refractivity contribution is 7.89. The third kappa shape index (κ3) is 6.10. The quantitative estimate of drug-likeness (QED) is 0.429. The van der Waals surface area contributed by atoms with Gasteiger partial charge in [0, 0.05) is 33.2 Å². The Kier molecular flexibility index (Phi) is 9.31. The zero-order chi connectivity index (χ0) is 18.3. The van der Waals surface area contributed by atoms with E-state index in [0.717, 1.165) is 0 Å². The summed E-state index contributed by atoms with van der Waals surface area (Å²) >= 11 is 0. The predicted octanol–water partition coefficient (Wildman–Crippen LogP) is 0.489. The second kappa shape index (κ2) is 10.7. The number of rotatable bonds is 10. The molecule has 26 heavy (non-hydrogen) atoms. The van der Waals surface area contributed by atoms with Gasteiger partial charge < -0.3 is 19.5 Å². The minimum absolute atomic E-state index is 0. The average Bonchev–Trinajstić information content (AvgIpc) is 3.01. The summed E-state index contributed by atoms with van der Waals surface area (Å²) in [7, 11) is -2.01. The van der Waals surface area contributed by atoms with Gasteiger partial charge in [0.05, 0.1) is 18.1 Å². The smallest absolute Gasteiger partial charge is 0.347 e. The molecule has 0 saturated carbocycles. The van der Waals surface area contributed by atoms with E-state index in [1.54, 1.807) is 20.1 Å². The van der Waals surface area contributed by atoms with E-state index in [1.165, 1.54) is 12.1 Å². The van der Waals surface area contributed by atoms with Gasteiger partial charge in [-0.05, 0) is 30.7 Å². The van der Waals surface area contributed by atoms with Crippen LogP contribution in [-0.2, 0) is 30.7 Å². The van der Waals surface area contributed by atoms with E-state index in [9.17, 15) is 13.2 Å². The summed E-state index contributed by atoms with van der Waals surface area (Å²) in [5.41, 5.74) is 0.680. The zero-order valence-corrected chi connectivity index (χ0v) is 16.5. The van der Waals surface area contributed by atoms with Gasteiger partial charge in [0.25, 0.3) is 0 Å². The Hall–Kier alpha value is -1.39. The van der Waals surface area contributed by atoms with Crippen molar-refractivity contribution in [3.05, 3.63) is 23.8 Å². The molecule has 8 nitrogen and oxygen atoms in total. The highest BCUT2D eigenvalue weighted by Gasteiger charge is 2.31. The fourth-order valence-electron chi connectivity index (χ4n) is 2.42. The molecule has 1 aromatic rings. The van der Waals surface area contributed by atoms with Gasteiger partial charge in [-0.2, -0.15) is 0 Å². The van der Waals surface area contributed by atoms with Crippen LogP contribution in [0.3, 0.4) is 0 Å². The van der Waals surface area contributed by atoms with Crippen LogP contribution in [0.25, 0.3) is 0 Å². The molecule has 0 aromatic heterocycles. The normalized spacial score (nSPS) is 15.7. The Morgan fingerprint density at radius 1 is 1.31 bits per heavy atom. The summed E-state index contributed by atoms with van der Waals surface area (Å²) in [6.07, 6.45) is -0.415. The molecule has 1 aliphatic rings. The maximum atomic E-state index is 12.3. The van der Waals surface area contributed by atoms with Crippen molar-refractivity contribution in [2.75, 3.05) is 40.0 Å². The molecule has 2 rings (SSSR count). The topological polar surface area (TPSA) is 103 Å². The Balaban J connectivity index is 0.00000338. The Bertz CT molecular complexity index is 698. The summed E-state index contributed by atoms with van der Waals surface area (Å²) in [6.45, 7) is 3.99. The second-order valence-electron chi connectivity index (χ2n) is 5.47. The van der Waals surface area contributed by atoms with E-state index in [0.29, 0.717) is 37.4 Å². The molecule has 0 aliphatic carbocycles. The first-order valence-corrected chi connectivity index (χ1v) is 9.61. The van der Waals surface area contributed by atoms with Crippen molar-refractivity contribution in [3.8, 4) is 5.75 Å². The summed E-state index contributed by atoms with van der Waals surface area (Å²) < 4.78 is 42.6. The van der Waals surface area contributed by atoms with Gasteiger partial charge in [0.1, 0.15) is 5.75 Å². The molecule has 1 atom stereocenters. The summed E-state index contributed by atoms with van der Waals surface area (Å²) in [5.74, 6) is 0.0709. The largest absolute Gasteiger partial charge is 0.478 e. The lowest BCUT2D eigenvalue weighted by atomic mass is 10.1. The monoisotopic (exact) mass is 408 g/mol. The standard InChI is InChI=1S/C16H24N2O6S.ClH/c1-3-23-16(19)15-11-12-10-13(4-5-14(12)24-15)25(20,21)18-7-6-17-8-9-22-2;/h4-5,10,15,17-18H,3,6-9,11H2,1-2H3;1H. The maximum Gasteiger partial charge on any atom is 0.347 e. The summed E-state index contributed by atoms with van der Waals surface area (Å²) in [6, 6.07) is 4.57. The van der Waals surface area contributed by atoms with Gasteiger partial charge in [-0.3, -0.25) is 0 Å². The van der Waals surface area contributed by atoms with Crippen molar-refractivity contribution < 1.29 is 27.4 Å². The van der Waals surface area contributed by atoms with Crippen LogP contribution >= 0.6 is 12.4 Å². The summed E-state index contributed by atoms with van der Waals surface area (Å²) in [4.78, 5) is 11.9. The molecule has 10 heteroatoms. The average molecular weight is 409 g/mol. The number of benzene rings is 1. The molecule has 0 saturated heterocycles. The fourth-order valence-corrected chi connectivity index (χ4v) is 3.50. The van der Waals surface area contributed by atoms with Crippen LogP contribution in [0.1, 0.15) is 12.5 Å². The second-order valence-corrected chi connectivity index (χ2v) is 7.24. The van der Waals surface area contributed by atoms with Crippen LogP contribution in [0.15, 0.2) is 23.1 Å². The molecule has 1 aliphatic heterocycles. The number of fused-ring (bicyclic) bond motifs is 1. The van der Waals surface area contributed by atoms with Crippen molar-refractivity contribution in [1.82, 2.24) is 10.0 Å². The Morgan fingerprint density at radius 2 is 2.08 bits per heavy atom. The van der Waals surface area contributed by atoms with Gasteiger partial charge in [0.2, 0.25) is 10.0 Å². The van der Waals surface area contributed by atoms with Crippen molar-refractivity contribution in [3.63, 3.8) is 0 Å². The van der Waals surface area contributed by atoms with Crippen LogP contribution in [0.2, 0.25) is 0 Å². The predicted molar refractivity (Wildman–Crippen MR) is 98.4 cm³/mol. The molecule has 0 spiro atoms. The van der Waals surface area contributed by atoms with Crippen molar-refractivity contribution in [2.24, 2.45) is 0 Å². The van der Waals surface area contributed by atoms with Gasteiger partial charge in [-0.25, -0.2) is 17.9 Å². The number of nitrogens with one attached hydrogen (secondary N) is 2. The van der Waals surface area contributed by atoms with Crippen LogP contribution in [0.4, 0.5) is 0 Å². The highest BCUT2D eigenvalue weighted by Crippen LogP contribution is 2.31. The number of halogens is 1. The third-order valence-electron chi connectivity index (χ3n) is 3.64. The lowest BCUT2D eigenvalue weighted by Gasteiger charge is -2.09. The molecule has 0 amide bonds. The van der Waals surface area contributed by atoms with Crippen LogP contribution in [0.5, 0.6) is 5.75 Å². The summed E-state index contributed by atoms with van der Waals surface area (Å²) in [5, 5.41) is 3.06. The third-order valence-corrected chi connectivity index (χ3v) is 5.10. The minimum Gasteiger partial charge on any atom is -0.478 e. The molecule has 0 fully saturated rings. The number of carbonyl (C=O) groups is 1. The Morgan fingerprint density at radius 3 is 2.77 bits per heavy atom. The fraction of sp³-hybridized carbons (Fsp3) is 0.562. The number of methoxy groups -OCH3 is 1.